The van der Waals surface area contributed by atoms with Crippen molar-refractivity contribution in [2.75, 3.05) is 19.6 Å². The van der Waals surface area contributed by atoms with E-state index in [0.717, 1.165) is 43.7 Å². The summed E-state index contributed by atoms with van der Waals surface area (Å²) in [6.07, 6.45) is 3.73. The zero-order chi connectivity index (χ0) is 19.8. The molecule has 1 heterocycles. The van der Waals surface area contributed by atoms with E-state index in [1.165, 1.54) is 0 Å². The molecule has 0 saturated heterocycles. The highest BCUT2D eigenvalue weighted by molar-refractivity contribution is 5.96. The molecule has 1 aromatic heterocycles. The molecule has 27 heavy (non-hydrogen) atoms. The SMILES string of the molecule is CCN(CC)CCCC(C)NC(=O)c1c(C#N)ccn1-c1ccc(C)cc1. The van der Waals surface area contributed by atoms with Crippen molar-refractivity contribution in [3.05, 3.63) is 53.3 Å². The number of carbonyl (C=O) groups excluding carboxylic acids is 1. The lowest BCUT2D eigenvalue weighted by Gasteiger charge is -2.20. The fourth-order valence-electron chi connectivity index (χ4n) is 3.20. The van der Waals surface area contributed by atoms with Crippen LogP contribution in [0.25, 0.3) is 5.69 Å². The third-order valence-electron chi connectivity index (χ3n) is 4.92. The second-order valence-electron chi connectivity index (χ2n) is 6.94. The number of nitrogens with one attached hydrogen (secondary N) is 1. The van der Waals surface area contributed by atoms with Crippen LogP contribution in [0, 0.1) is 18.3 Å². The van der Waals surface area contributed by atoms with E-state index in [2.05, 4.69) is 30.1 Å². The smallest absolute Gasteiger partial charge is 0.269 e. The minimum Gasteiger partial charge on any atom is -0.348 e. The normalized spacial score (nSPS) is 12.0. The first-order chi connectivity index (χ1) is 13.0. The van der Waals surface area contributed by atoms with Gasteiger partial charge in [0.05, 0.1) is 5.56 Å². The number of nitrogens with zero attached hydrogens (tertiary/aromatic N) is 3. The molecule has 0 aliphatic heterocycles. The van der Waals surface area contributed by atoms with Gasteiger partial charge in [0.15, 0.2) is 0 Å². The molecule has 0 aliphatic rings. The van der Waals surface area contributed by atoms with Crippen molar-refractivity contribution in [2.45, 2.75) is 46.6 Å². The molecule has 0 fully saturated rings. The standard InChI is InChI=1S/C22H30N4O/c1-5-25(6-2)14-7-8-18(4)24-22(27)21-19(16-23)13-15-26(21)20-11-9-17(3)10-12-20/h9-13,15,18H,5-8,14H2,1-4H3,(H,24,27). The van der Waals surface area contributed by atoms with Crippen LogP contribution in [0.4, 0.5) is 0 Å². The molecular weight excluding hydrogens is 336 g/mol. The fourth-order valence-corrected chi connectivity index (χ4v) is 3.20. The number of hydrogen-bond donors (Lipinski definition) is 1. The minimum absolute atomic E-state index is 0.0565. The molecule has 1 atom stereocenters. The second kappa shape index (κ2) is 9.94. The second-order valence-corrected chi connectivity index (χ2v) is 6.94. The number of rotatable bonds is 9. The van der Waals surface area contributed by atoms with Crippen LogP contribution >= 0.6 is 0 Å². The Labute approximate surface area is 162 Å². The Morgan fingerprint density at radius 2 is 1.89 bits per heavy atom. The largest absolute Gasteiger partial charge is 0.348 e. The van der Waals surface area contributed by atoms with E-state index in [4.69, 9.17) is 0 Å². The Kier molecular flexibility index (Phi) is 7.63. The number of hydrogen-bond acceptors (Lipinski definition) is 3. The zero-order valence-corrected chi connectivity index (χ0v) is 16.8. The summed E-state index contributed by atoms with van der Waals surface area (Å²) in [5, 5.41) is 12.5. The summed E-state index contributed by atoms with van der Waals surface area (Å²) in [6, 6.07) is 11.8. The van der Waals surface area contributed by atoms with Crippen molar-refractivity contribution < 1.29 is 4.79 Å². The van der Waals surface area contributed by atoms with Gasteiger partial charge < -0.3 is 14.8 Å². The summed E-state index contributed by atoms with van der Waals surface area (Å²) in [5.41, 5.74) is 2.82. The Bertz CT molecular complexity index is 782. The van der Waals surface area contributed by atoms with Gasteiger partial charge in [-0.2, -0.15) is 5.26 Å². The molecule has 0 aliphatic carbocycles. The number of aryl methyl sites for hydroxylation is 1. The number of aromatic nitrogens is 1. The van der Waals surface area contributed by atoms with Gasteiger partial charge in [0.2, 0.25) is 0 Å². The summed E-state index contributed by atoms with van der Waals surface area (Å²) in [4.78, 5) is 15.3. The molecule has 1 amide bonds. The third-order valence-corrected chi connectivity index (χ3v) is 4.92. The van der Waals surface area contributed by atoms with Gasteiger partial charge in [-0.3, -0.25) is 4.79 Å². The van der Waals surface area contributed by atoms with Gasteiger partial charge in [-0.25, -0.2) is 0 Å². The van der Waals surface area contributed by atoms with Crippen molar-refractivity contribution in [3.63, 3.8) is 0 Å². The van der Waals surface area contributed by atoms with Gasteiger partial charge in [-0.05, 0) is 64.5 Å². The van der Waals surface area contributed by atoms with E-state index in [0.29, 0.717) is 11.3 Å². The average molecular weight is 367 g/mol. The lowest BCUT2D eigenvalue weighted by molar-refractivity contribution is 0.0930. The lowest BCUT2D eigenvalue weighted by Crippen LogP contribution is -2.35. The summed E-state index contributed by atoms with van der Waals surface area (Å²) < 4.78 is 1.79. The maximum absolute atomic E-state index is 12.9. The molecule has 1 unspecified atom stereocenters. The van der Waals surface area contributed by atoms with Crippen LogP contribution in [0.2, 0.25) is 0 Å². The number of carbonyl (C=O) groups is 1. The van der Waals surface area contributed by atoms with E-state index < -0.39 is 0 Å². The molecule has 5 heteroatoms. The van der Waals surface area contributed by atoms with Gasteiger partial charge in [-0.1, -0.05) is 31.5 Å². The van der Waals surface area contributed by atoms with Crippen molar-refractivity contribution in [1.82, 2.24) is 14.8 Å². The maximum Gasteiger partial charge on any atom is 0.269 e. The van der Waals surface area contributed by atoms with Gasteiger partial charge >= 0.3 is 0 Å². The van der Waals surface area contributed by atoms with E-state index in [1.54, 1.807) is 16.8 Å². The molecule has 0 spiro atoms. The molecule has 2 aromatic rings. The molecular formula is C22H30N4O. The highest BCUT2D eigenvalue weighted by Gasteiger charge is 2.19. The predicted molar refractivity (Wildman–Crippen MR) is 109 cm³/mol. The highest BCUT2D eigenvalue weighted by Crippen LogP contribution is 2.18. The third kappa shape index (κ3) is 5.45. The first-order valence-corrected chi connectivity index (χ1v) is 9.71. The Balaban J connectivity index is 2.08. The molecule has 1 N–H and O–H groups in total. The quantitative estimate of drug-likeness (QED) is 0.732. The average Bonchev–Trinajstić information content (AvgIpc) is 3.10. The Morgan fingerprint density at radius 3 is 2.48 bits per heavy atom. The van der Waals surface area contributed by atoms with Crippen molar-refractivity contribution in [2.24, 2.45) is 0 Å². The predicted octanol–water partition coefficient (Wildman–Crippen LogP) is 3.90. The van der Waals surface area contributed by atoms with Crippen LogP contribution in [0.15, 0.2) is 36.5 Å². The first kappa shape index (κ1) is 20.7. The van der Waals surface area contributed by atoms with Crippen LogP contribution in [0.3, 0.4) is 0 Å². The van der Waals surface area contributed by atoms with E-state index in [-0.39, 0.29) is 11.9 Å². The van der Waals surface area contributed by atoms with Crippen molar-refractivity contribution in [3.8, 4) is 11.8 Å². The molecule has 5 nitrogen and oxygen atoms in total. The van der Waals surface area contributed by atoms with Crippen LogP contribution < -0.4 is 5.32 Å². The molecule has 144 valence electrons. The van der Waals surface area contributed by atoms with Crippen LogP contribution in [0.1, 0.15) is 55.2 Å². The van der Waals surface area contributed by atoms with Gasteiger partial charge in [0, 0.05) is 17.9 Å². The first-order valence-electron chi connectivity index (χ1n) is 9.71. The highest BCUT2D eigenvalue weighted by atomic mass is 16.2. The van der Waals surface area contributed by atoms with E-state index in [1.807, 2.05) is 38.1 Å². The van der Waals surface area contributed by atoms with Gasteiger partial charge in [0.25, 0.3) is 5.91 Å². The lowest BCUT2D eigenvalue weighted by atomic mass is 10.1. The fraction of sp³-hybridized carbons (Fsp3) is 0.455. The number of nitriles is 1. The molecule has 2 rings (SSSR count). The van der Waals surface area contributed by atoms with Crippen LogP contribution in [0.5, 0.6) is 0 Å². The Morgan fingerprint density at radius 1 is 1.22 bits per heavy atom. The molecule has 0 saturated carbocycles. The number of amides is 1. The van der Waals surface area contributed by atoms with Crippen molar-refractivity contribution in [1.29, 1.82) is 5.26 Å². The van der Waals surface area contributed by atoms with Gasteiger partial charge in [0.1, 0.15) is 11.8 Å². The summed E-state index contributed by atoms with van der Waals surface area (Å²) in [5.74, 6) is -0.201. The summed E-state index contributed by atoms with van der Waals surface area (Å²) in [7, 11) is 0. The molecule has 0 radical (unpaired) electrons. The van der Waals surface area contributed by atoms with Crippen LogP contribution in [-0.4, -0.2) is 41.1 Å². The molecule has 1 aromatic carbocycles. The van der Waals surface area contributed by atoms with E-state index in [9.17, 15) is 10.1 Å². The van der Waals surface area contributed by atoms with Crippen LogP contribution in [-0.2, 0) is 0 Å². The zero-order valence-electron chi connectivity index (χ0n) is 16.8. The number of benzene rings is 1. The Hall–Kier alpha value is -2.58. The topological polar surface area (TPSA) is 61.1 Å². The minimum atomic E-state index is -0.201. The summed E-state index contributed by atoms with van der Waals surface area (Å²) in [6.45, 7) is 11.5. The summed E-state index contributed by atoms with van der Waals surface area (Å²) >= 11 is 0. The molecule has 0 bridgehead atoms. The monoisotopic (exact) mass is 366 g/mol. The van der Waals surface area contributed by atoms with Gasteiger partial charge in [-0.15, -0.1) is 0 Å². The van der Waals surface area contributed by atoms with Crippen molar-refractivity contribution >= 4 is 5.91 Å². The van der Waals surface area contributed by atoms with E-state index >= 15 is 0 Å². The maximum atomic E-state index is 12.9.